The van der Waals surface area contributed by atoms with Crippen LogP contribution in [-0.2, 0) is 6.54 Å². The third kappa shape index (κ3) is 1.89. The molecular weight excluding hydrogens is 186 g/mol. The van der Waals surface area contributed by atoms with Gasteiger partial charge in [-0.1, -0.05) is 0 Å². The molecule has 0 radical (unpaired) electrons. The van der Waals surface area contributed by atoms with Crippen LogP contribution in [0.25, 0.3) is 11.3 Å². The molecule has 0 saturated carbocycles. The van der Waals surface area contributed by atoms with Gasteiger partial charge in [0.2, 0.25) is 0 Å². The van der Waals surface area contributed by atoms with Gasteiger partial charge in [0, 0.05) is 18.4 Å². The number of benzene rings is 1. The normalized spacial score (nSPS) is 10.3. The van der Waals surface area contributed by atoms with Gasteiger partial charge in [-0.05, 0) is 48.9 Å². The van der Waals surface area contributed by atoms with Gasteiger partial charge in [0.05, 0.1) is 7.11 Å². The second-order valence-corrected chi connectivity index (χ2v) is 3.41. The molecule has 15 heavy (non-hydrogen) atoms. The lowest BCUT2D eigenvalue weighted by molar-refractivity contribution is 0.415. The Labute approximate surface area is 90.1 Å². The number of hydrogen-bond acceptors (Lipinski definition) is 1. The maximum Gasteiger partial charge on any atom is 0.118 e. The quantitative estimate of drug-likeness (QED) is 0.744. The molecule has 0 N–H and O–H groups in total. The van der Waals surface area contributed by atoms with Crippen LogP contribution in [0.4, 0.5) is 0 Å². The van der Waals surface area contributed by atoms with Crippen LogP contribution >= 0.6 is 0 Å². The number of aromatic nitrogens is 1. The van der Waals surface area contributed by atoms with Crippen LogP contribution in [0.15, 0.2) is 42.6 Å². The van der Waals surface area contributed by atoms with Crippen molar-refractivity contribution in [2.24, 2.45) is 0 Å². The Morgan fingerprint density at radius 2 is 1.87 bits per heavy atom. The molecule has 1 heterocycles. The average Bonchev–Trinajstić information content (AvgIpc) is 2.77. The molecule has 0 aliphatic carbocycles. The SMILES string of the molecule is CCn1cccc1-c1ccc(OC)cc1. The van der Waals surface area contributed by atoms with E-state index in [4.69, 9.17) is 4.74 Å². The Balaban J connectivity index is 2.37. The first-order chi connectivity index (χ1) is 7.35. The molecule has 2 nitrogen and oxygen atoms in total. The predicted octanol–water partition coefficient (Wildman–Crippen LogP) is 3.18. The van der Waals surface area contributed by atoms with Crippen molar-refractivity contribution in [1.82, 2.24) is 4.57 Å². The molecule has 2 aromatic rings. The number of aryl methyl sites for hydroxylation is 1. The lowest BCUT2D eigenvalue weighted by Crippen LogP contribution is -1.94. The maximum atomic E-state index is 5.14. The first kappa shape index (κ1) is 9.84. The van der Waals surface area contributed by atoms with Crippen LogP contribution in [0, 0.1) is 0 Å². The van der Waals surface area contributed by atoms with Gasteiger partial charge in [-0.15, -0.1) is 0 Å². The van der Waals surface area contributed by atoms with Crippen LogP contribution in [0.5, 0.6) is 5.75 Å². The maximum absolute atomic E-state index is 5.14. The lowest BCUT2D eigenvalue weighted by Gasteiger charge is -2.07. The van der Waals surface area contributed by atoms with E-state index < -0.39 is 0 Å². The molecular formula is C13H15NO. The first-order valence-electron chi connectivity index (χ1n) is 5.14. The minimum Gasteiger partial charge on any atom is -0.497 e. The Morgan fingerprint density at radius 3 is 2.47 bits per heavy atom. The highest BCUT2D eigenvalue weighted by Gasteiger charge is 2.02. The molecule has 0 fully saturated rings. The molecule has 1 aromatic carbocycles. The van der Waals surface area contributed by atoms with Crippen LogP contribution in [0.3, 0.4) is 0 Å². The summed E-state index contributed by atoms with van der Waals surface area (Å²) >= 11 is 0. The highest BCUT2D eigenvalue weighted by molar-refractivity contribution is 5.61. The minimum atomic E-state index is 0.897. The molecule has 0 atom stereocenters. The van der Waals surface area contributed by atoms with E-state index in [-0.39, 0.29) is 0 Å². The van der Waals surface area contributed by atoms with E-state index in [2.05, 4.69) is 42.0 Å². The molecule has 0 amide bonds. The highest BCUT2D eigenvalue weighted by Crippen LogP contribution is 2.22. The molecule has 0 saturated heterocycles. The van der Waals surface area contributed by atoms with E-state index in [1.54, 1.807) is 7.11 Å². The fourth-order valence-corrected chi connectivity index (χ4v) is 1.71. The van der Waals surface area contributed by atoms with Crippen molar-refractivity contribution in [1.29, 1.82) is 0 Å². The van der Waals surface area contributed by atoms with E-state index >= 15 is 0 Å². The monoisotopic (exact) mass is 201 g/mol. The van der Waals surface area contributed by atoms with E-state index in [9.17, 15) is 0 Å². The van der Waals surface area contributed by atoms with Gasteiger partial charge in [-0.25, -0.2) is 0 Å². The topological polar surface area (TPSA) is 14.2 Å². The summed E-state index contributed by atoms with van der Waals surface area (Å²) in [4.78, 5) is 0. The number of nitrogens with zero attached hydrogens (tertiary/aromatic N) is 1. The number of hydrogen-bond donors (Lipinski definition) is 0. The van der Waals surface area contributed by atoms with Gasteiger partial charge >= 0.3 is 0 Å². The second-order valence-electron chi connectivity index (χ2n) is 3.41. The Kier molecular flexibility index (Phi) is 2.77. The number of ether oxygens (including phenoxy) is 1. The summed E-state index contributed by atoms with van der Waals surface area (Å²) in [6, 6.07) is 12.3. The van der Waals surface area contributed by atoms with E-state index in [1.807, 2.05) is 12.1 Å². The summed E-state index contributed by atoms with van der Waals surface area (Å²) in [5, 5.41) is 0. The van der Waals surface area contributed by atoms with Crippen molar-refractivity contribution >= 4 is 0 Å². The first-order valence-corrected chi connectivity index (χ1v) is 5.14. The zero-order chi connectivity index (χ0) is 10.7. The summed E-state index contributed by atoms with van der Waals surface area (Å²) in [5.41, 5.74) is 2.47. The molecule has 1 aromatic heterocycles. The van der Waals surface area contributed by atoms with Gasteiger partial charge in [-0.2, -0.15) is 0 Å². The van der Waals surface area contributed by atoms with Crippen molar-refractivity contribution in [3.8, 4) is 17.0 Å². The Hall–Kier alpha value is -1.70. The molecule has 2 heteroatoms. The molecule has 2 rings (SSSR count). The molecule has 0 aliphatic rings. The number of methoxy groups -OCH3 is 1. The van der Waals surface area contributed by atoms with Gasteiger partial charge in [0.1, 0.15) is 5.75 Å². The fraction of sp³-hybridized carbons (Fsp3) is 0.231. The molecule has 0 bridgehead atoms. The summed E-state index contributed by atoms with van der Waals surface area (Å²) in [5.74, 6) is 0.897. The van der Waals surface area contributed by atoms with Crippen molar-refractivity contribution in [3.63, 3.8) is 0 Å². The van der Waals surface area contributed by atoms with Gasteiger partial charge in [0.25, 0.3) is 0 Å². The Morgan fingerprint density at radius 1 is 1.13 bits per heavy atom. The van der Waals surface area contributed by atoms with Crippen LogP contribution in [-0.4, -0.2) is 11.7 Å². The summed E-state index contributed by atoms with van der Waals surface area (Å²) in [7, 11) is 1.68. The van der Waals surface area contributed by atoms with E-state index in [0.717, 1.165) is 12.3 Å². The van der Waals surface area contributed by atoms with Crippen LogP contribution in [0.2, 0.25) is 0 Å². The van der Waals surface area contributed by atoms with Gasteiger partial charge in [0.15, 0.2) is 0 Å². The largest absolute Gasteiger partial charge is 0.497 e. The Bertz CT molecular complexity index is 428. The van der Waals surface area contributed by atoms with Gasteiger partial charge in [-0.3, -0.25) is 0 Å². The van der Waals surface area contributed by atoms with E-state index in [0.29, 0.717) is 0 Å². The minimum absolute atomic E-state index is 0.897. The lowest BCUT2D eigenvalue weighted by atomic mass is 10.1. The molecule has 0 aliphatic heterocycles. The standard InChI is InChI=1S/C13H15NO/c1-3-14-10-4-5-13(14)11-6-8-12(15-2)9-7-11/h4-10H,3H2,1-2H3. The van der Waals surface area contributed by atoms with Crippen molar-refractivity contribution < 1.29 is 4.74 Å². The second kappa shape index (κ2) is 4.22. The van der Waals surface area contributed by atoms with Crippen LogP contribution in [0.1, 0.15) is 6.92 Å². The van der Waals surface area contributed by atoms with Gasteiger partial charge < -0.3 is 9.30 Å². The zero-order valence-corrected chi connectivity index (χ0v) is 9.10. The third-order valence-electron chi connectivity index (χ3n) is 2.56. The molecule has 0 unspecified atom stereocenters. The summed E-state index contributed by atoms with van der Waals surface area (Å²) in [6.45, 7) is 3.14. The molecule has 78 valence electrons. The third-order valence-corrected chi connectivity index (χ3v) is 2.56. The van der Waals surface area contributed by atoms with Crippen molar-refractivity contribution in [2.75, 3.05) is 7.11 Å². The van der Waals surface area contributed by atoms with Crippen molar-refractivity contribution in [2.45, 2.75) is 13.5 Å². The smallest absolute Gasteiger partial charge is 0.118 e. The highest BCUT2D eigenvalue weighted by atomic mass is 16.5. The summed E-state index contributed by atoms with van der Waals surface area (Å²) < 4.78 is 7.36. The zero-order valence-electron chi connectivity index (χ0n) is 9.10. The van der Waals surface area contributed by atoms with E-state index in [1.165, 1.54) is 11.3 Å². The van der Waals surface area contributed by atoms with Crippen molar-refractivity contribution in [3.05, 3.63) is 42.6 Å². The number of rotatable bonds is 3. The predicted molar refractivity (Wildman–Crippen MR) is 62.1 cm³/mol. The van der Waals surface area contributed by atoms with Crippen LogP contribution < -0.4 is 4.74 Å². The molecule has 0 spiro atoms. The summed E-state index contributed by atoms with van der Waals surface area (Å²) in [6.07, 6.45) is 2.10. The average molecular weight is 201 g/mol. The fourth-order valence-electron chi connectivity index (χ4n) is 1.71.